The molecule has 0 aliphatic rings. The van der Waals surface area contributed by atoms with Crippen molar-refractivity contribution in [2.45, 2.75) is 0 Å². The van der Waals surface area contributed by atoms with Gasteiger partial charge in [0, 0.05) is 16.9 Å². The van der Waals surface area contributed by atoms with Gasteiger partial charge in [-0.15, -0.1) is 0 Å². The predicted molar refractivity (Wildman–Crippen MR) is 103 cm³/mol. The second kappa shape index (κ2) is 8.09. The van der Waals surface area contributed by atoms with Gasteiger partial charge in [-0.2, -0.15) is 0 Å². The third-order valence-electron chi connectivity index (χ3n) is 3.39. The third-order valence-corrected chi connectivity index (χ3v) is 3.59. The number of para-hydroxylation sites is 1. The molecule has 7 heteroatoms. The quantitative estimate of drug-likeness (QED) is 0.615. The highest BCUT2D eigenvalue weighted by molar-refractivity contribution is 7.80. The van der Waals surface area contributed by atoms with Gasteiger partial charge in [-0.1, -0.05) is 24.3 Å². The van der Waals surface area contributed by atoms with E-state index < -0.39 is 5.91 Å². The van der Waals surface area contributed by atoms with Crippen LogP contribution in [0.25, 0.3) is 0 Å². The van der Waals surface area contributed by atoms with Gasteiger partial charge in [-0.25, -0.2) is 0 Å². The molecule has 2 aromatic carbocycles. The van der Waals surface area contributed by atoms with Crippen LogP contribution >= 0.6 is 12.2 Å². The maximum Gasteiger partial charge on any atom is 0.293 e. The minimum absolute atomic E-state index is 0.104. The standard InChI is InChI=1S/C19H15N3O3S/c23-17(20-14-7-2-1-3-8-14)13-6-4-9-15(12-13)21-19(26)22-18(24)16-10-5-11-25-16/h1-12H,(H,20,23)(H2,21,22,24,26). The molecule has 2 amide bonds. The summed E-state index contributed by atoms with van der Waals surface area (Å²) in [6.07, 6.45) is 1.40. The Morgan fingerprint density at radius 3 is 2.31 bits per heavy atom. The molecule has 0 bridgehead atoms. The van der Waals surface area contributed by atoms with E-state index in [0.717, 1.165) is 0 Å². The van der Waals surface area contributed by atoms with Crippen LogP contribution in [0.1, 0.15) is 20.9 Å². The SMILES string of the molecule is O=C(Nc1ccccc1)c1cccc(NC(=S)NC(=O)c2ccco2)c1. The summed E-state index contributed by atoms with van der Waals surface area (Å²) in [6, 6.07) is 19.1. The number of furan rings is 1. The Hall–Kier alpha value is -3.45. The van der Waals surface area contributed by atoms with Crippen molar-refractivity contribution in [1.82, 2.24) is 5.32 Å². The van der Waals surface area contributed by atoms with E-state index in [1.807, 2.05) is 18.2 Å². The van der Waals surface area contributed by atoms with Gasteiger partial charge in [0.2, 0.25) is 0 Å². The van der Waals surface area contributed by atoms with Gasteiger partial charge in [0.05, 0.1) is 6.26 Å². The van der Waals surface area contributed by atoms with Crippen LogP contribution in [0.15, 0.2) is 77.4 Å². The lowest BCUT2D eigenvalue weighted by molar-refractivity contribution is 0.0950. The highest BCUT2D eigenvalue weighted by Crippen LogP contribution is 2.13. The Bertz CT molecular complexity index is 924. The van der Waals surface area contributed by atoms with E-state index in [1.54, 1.807) is 42.5 Å². The van der Waals surface area contributed by atoms with Crippen molar-refractivity contribution in [2.75, 3.05) is 10.6 Å². The molecule has 1 heterocycles. The summed E-state index contributed by atoms with van der Waals surface area (Å²) in [7, 11) is 0. The number of carbonyl (C=O) groups is 2. The molecule has 0 radical (unpaired) electrons. The van der Waals surface area contributed by atoms with E-state index >= 15 is 0 Å². The largest absolute Gasteiger partial charge is 0.459 e. The van der Waals surface area contributed by atoms with Crippen LogP contribution in [0, 0.1) is 0 Å². The minimum Gasteiger partial charge on any atom is -0.459 e. The zero-order valence-corrected chi connectivity index (χ0v) is 14.4. The van der Waals surface area contributed by atoms with Gasteiger partial charge in [0.25, 0.3) is 11.8 Å². The summed E-state index contributed by atoms with van der Waals surface area (Å²) in [5.41, 5.74) is 1.74. The summed E-state index contributed by atoms with van der Waals surface area (Å²) in [4.78, 5) is 24.2. The van der Waals surface area contributed by atoms with Crippen molar-refractivity contribution in [1.29, 1.82) is 0 Å². The monoisotopic (exact) mass is 365 g/mol. The summed E-state index contributed by atoms with van der Waals surface area (Å²) in [6.45, 7) is 0. The van der Waals surface area contributed by atoms with Gasteiger partial charge in [-0.3, -0.25) is 14.9 Å². The first-order chi connectivity index (χ1) is 12.6. The molecule has 3 rings (SSSR count). The maximum atomic E-state index is 12.3. The zero-order chi connectivity index (χ0) is 18.4. The predicted octanol–water partition coefficient (Wildman–Crippen LogP) is 3.66. The molecule has 6 nitrogen and oxygen atoms in total. The van der Waals surface area contributed by atoms with Gasteiger partial charge >= 0.3 is 0 Å². The smallest absolute Gasteiger partial charge is 0.293 e. The van der Waals surface area contributed by atoms with Crippen molar-refractivity contribution in [2.24, 2.45) is 0 Å². The second-order valence-electron chi connectivity index (χ2n) is 5.29. The number of amides is 2. The van der Waals surface area contributed by atoms with E-state index in [9.17, 15) is 9.59 Å². The topological polar surface area (TPSA) is 83.4 Å². The lowest BCUT2D eigenvalue weighted by atomic mass is 10.2. The fourth-order valence-corrected chi connectivity index (χ4v) is 2.41. The fourth-order valence-electron chi connectivity index (χ4n) is 2.20. The van der Waals surface area contributed by atoms with Gasteiger partial charge < -0.3 is 15.1 Å². The second-order valence-corrected chi connectivity index (χ2v) is 5.69. The Balaban J connectivity index is 1.62. The molecule has 0 atom stereocenters. The van der Waals surface area contributed by atoms with Gasteiger partial charge in [-0.05, 0) is 54.7 Å². The Morgan fingerprint density at radius 2 is 1.58 bits per heavy atom. The molecule has 0 aliphatic heterocycles. The molecule has 0 spiro atoms. The molecule has 1 aromatic heterocycles. The molecule has 0 unspecified atom stereocenters. The number of rotatable bonds is 4. The number of hydrogen-bond acceptors (Lipinski definition) is 4. The van der Waals surface area contributed by atoms with Crippen LogP contribution in [0.4, 0.5) is 11.4 Å². The molecular weight excluding hydrogens is 350 g/mol. The lowest BCUT2D eigenvalue weighted by Gasteiger charge is -2.10. The Morgan fingerprint density at radius 1 is 0.808 bits per heavy atom. The van der Waals surface area contributed by atoms with Crippen LogP contribution < -0.4 is 16.0 Å². The molecule has 3 aromatic rings. The molecule has 0 saturated heterocycles. The van der Waals surface area contributed by atoms with Crippen molar-refractivity contribution in [3.63, 3.8) is 0 Å². The number of carbonyl (C=O) groups excluding carboxylic acids is 2. The van der Waals surface area contributed by atoms with Crippen LogP contribution in [-0.4, -0.2) is 16.9 Å². The van der Waals surface area contributed by atoms with Crippen LogP contribution in [0.3, 0.4) is 0 Å². The minimum atomic E-state index is -0.453. The zero-order valence-electron chi connectivity index (χ0n) is 13.6. The van der Waals surface area contributed by atoms with E-state index in [-0.39, 0.29) is 16.8 Å². The van der Waals surface area contributed by atoms with E-state index in [1.165, 1.54) is 12.3 Å². The fraction of sp³-hybridized carbons (Fsp3) is 0. The lowest BCUT2D eigenvalue weighted by Crippen LogP contribution is -2.33. The first-order valence-electron chi connectivity index (χ1n) is 7.74. The number of benzene rings is 2. The molecule has 0 aliphatic carbocycles. The summed E-state index contributed by atoms with van der Waals surface area (Å²) >= 11 is 5.11. The van der Waals surface area contributed by atoms with E-state index in [0.29, 0.717) is 16.9 Å². The van der Waals surface area contributed by atoms with Gasteiger partial charge in [0.1, 0.15) is 0 Å². The molecule has 3 N–H and O–H groups in total. The van der Waals surface area contributed by atoms with E-state index in [2.05, 4.69) is 16.0 Å². The highest BCUT2D eigenvalue weighted by atomic mass is 32.1. The van der Waals surface area contributed by atoms with Crippen LogP contribution in [-0.2, 0) is 0 Å². The first-order valence-corrected chi connectivity index (χ1v) is 8.15. The number of hydrogen-bond donors (Lipinski definition) is 3. The summed E-state index contributed by atoms with van der Waals surface area (Å²) < 4.78 is 5.00. The van der Waals surface area contributed by atoms with E-state index in [4.69, 9.17) is 16.6 Å². The highest BCUT2D eigenvalue weighted by Gasteiger charge is 2.11. The first kappa shape index (κ1) is 17.4. The maximum absolute atomic E-state index is 12.3. The molecule has 0 fully saturated rings. The molecule has 130 valence electrons. The van der Waals surface area contributed by atoms with Crippen molar-refractivity contribution < 1.29 is 14.0 Å². The number of thiocarbonyl (C=S) groups is 1. The Labute approximate surface area is 155 Å². The normalized spacial score (nSPS) is 10.0. The van der Waals surface area contributed by atoms with Crippen molar-refractivity contribution >= 4 is 40.5 Å². The van der Waals surface area contributed by atoms with Gasteiger partial charge in [0.15, 0.2) is 10.9 Å². The van der Waals surface area contributed by atoms with Crippen LogP contribution in [0.2, 0.25) is 0 Å². The van der Waals surface area contributed by atoms with Crippen LogP contribution in [0.5, 0.6) is 0 Å². The molecule has 0 saturated carbocycles. The Kier molecular flexibility index (Phi) is 5.40. The average Bonchev–Trinajstić information content (AvgIpc) is 3.17. The number of anilines is 2. The third kappa shape index (κ3) is 4.55. The summed E-state index contributed by atoms with van der Waals surface area (Å²) in [5, 5.41) is 8.29. The summed E-state index contributed by atoms with van der Waals surface area (Å²) in [5.74, 6) is -0.541. The molecule has 26 heavy (non-hydrogen) atoms. The van der Waals surface area contributed by atoms with Crippen molar-refractivity contribution in [3.8, 4) is 0 Å². The number of nitrogens with one attached hydrogen (secondary N) is 3. The van der Waals surface area contributed by atoms with Crippen molar-refractivity contribution in [3.05, 3.63) is 84.3 Å². The average molecular weight is 365 g/mol. The molecular formula is C19H15N3O3S.